The van der Waals surface area contributed by atoms with E-state index in [0.717, 1.165) is 33.9 Å². The van der Waals surface area contributed by atoms with E-state index in [2.05, 4.69) is 4.98 Å². The van der Waals surface area contributed by atoms with E-state index < -0.39 is 11.2 Å². The largest absolute Gasteiger partial charge is 0.480 e. The number of thioether (sulfide) groups is 1. The minimum atomic E-state index is -0.913. The molecule has 27 heavy (non-hydrogen) atoms. The summed E-state index contributed by atoms with van der Waals surface area (Å²) >= 11 is 1.15. The van der Waals surface area contributed by atoms with Gasteiger partial charge in [-0.15, -0.1) is 0 Å². The van der Waals surface area contributed by atoms with Crippen molar-refractivity contribution in [2.24, 2.45) is 0 Å². The molecular formula is C22H16N2O2S. The second kappa shape index (κ2) is 7.60. The third kappa shape index (κ3) is 3.68. The Hall–Kier alpha value is -3.18. The first-order chi connectivity index (χ1) is 13.2. The van der Waals surface area contributed by atoms with Crippen molar-refractivity contribution in [3.05, 3.63) is 90.5 Å². The zero-order chi connectivity index (χ0) is 18.6. The minimum Gasteiger partial charge on any atom is -0.480 e. The molecule has 132 valence electrons. The molecule has 0 fully saturated rings. The van der Waals surface area contributed by atoms with Gasteiger partial charge in [-0.3, -0.25) is 4.79 Å². The van der Waals surface area contributed by atoms with Gasteiger partial charge in [-0.2, -0.15) is 0 Å². The highest BCUT2D eigenvalue weighted by Crippen LogP contribution is 2.36. The Morgan fingerprint density at radius 1 is 0.815 bits per heavy atom. The van der Waals surface area contributed by atoms with Crippen molar-refractivity contribution in [3.8, 4) is 11.3 Å². The molecule has 0 bridgehead atoms. The van der Waals surface area contributed by atoms with Crippen molar-refractivity contribution in [3.63, 3.8) is 0 Å². The predicted molar refractivity (Wildman–Crippen MR) is 108 cm³/mol. The van der Waals surface area contributed by atoms with Crippen LogP contribution >= 0.6 is 11.8 Å². The van der Waals surface area contributed by atoms with Gasteiger partial charge in [0.1, 0.15) is 5.25 Å². The van der Waals surface area contributed by atoms with Crippen molar-refractivity contribution >= 4 is 28.6 Å². The molecule has 1 N–H and O–H groups in total. The number of carbonyl (C=O) groups is 1. The Morgan fingerprint density at radius 3 is 2.15 bits per heavy atom. The van der Waals surface area contributed by atoms with Crippen LogP contribution < -0.4 is 0 Å². The molecule has 0 amide bonds. The van der Waals surface area contributed by atoms with Gasteiger partial charge in [-0.1, -0.05) is 90.6 Å². The number of rotatable bonds is 5. The minimum absolute atomic E-state index is 0.448. The summed E-state index contributed by atoms with van der Waals surface area (Å²) in [5.74, 6) is -0.913. The van der Waals surface area contributed by atoms with Crippen LogP contribution in [0, 0.1) is 0 Å². The lowest BCUT2D eigenvalue weighted by Gasteiger charge is -2.13. The van der Waals surface area contributed by atoms with Crippen molar-refractivity contribution in [2.45, 2.75) is 10.4 Å². The topological polar surface area (TPSA) is 63.1 Å². The molecule has 1 unspecified atom stereocenters. The van der Waals surface area contributed by atoms with E-state index in [-0.39, 0.29) is 0 Å². The highest BCUT2D eigenvalue weighted by Gasteiger charge is 2.23. The molecule has 0 saturated carbocycles. The number of carboxylic acid groups (broad SMARTS) is 1. The van der Waals surface area contributed by atoms with Crippen LogP contribution in [0.3, 0.4) is 0 Å². The molecule has 3 aromatic carbocycles. The second-order valence-electron chi connectivity index (χ2n) is 5.98. The lowest BCUT2D eigenvalue weighted by atomic mass is 10.1. The van der Waals surface area contributed by atoms with Crippen LogP contribution in [0.25, 0.3) is 22.2 Å². The molecule has 0 aliphatic carbocycles. The van der Waals surface area contributed by atoms with Crippen molar-refractivity contribution in [1.82, 2.24) is 9.97 Å². The number of aromatic nitrogens is 2. The summed E-state index contributed by atoms with van der Waals surface area (Å²) in [6.45, 7) is 0. The van der Waals surface area contributed by atoms with Crippen LogP contribution in [-0.2, 0) is 4.79 Å². The van der Waals surface area contributed by atoms with Crippen molar-refractivity contribution in [1.29, 1.82) is 0 Å². The number of hydrogen-bond donors (Lipinski definition) is 1. The number of aliphatic carboxylic acids is 1. The van der Waals surface area contributed by atoms with Crippen LogP contribution in [0.15, 0.2) is 90.1 Å². The standard InChI is InChI=1S/C22H16N2O2S/c25-21(26)20(16-11-5-2-6-12-16)27-22-23-18-14-8-7-13-17(18)19(24-22)15-9-3-1-4-10-15/h1-14,20H,(H,25,26). The number of benzene rings is 3. The molecule has 0 radical (unpaired) electrons. The van der Waals surface area contributed by atoms with Crippen LogP contribution in [-0.4, -0.2) is 21.0 Å². The lowest BCUT2D eigenvalue weighted by Crippen LogP contribution is -2.09. The Kier molecular flexibility index (Phi) is 4.85. The van der Waals surface area contributed by atoms with Crippen LogP contribution in [0.1, 0.15) is 10.8 Å². The van der Waals surface area contributed by atoms with E-state index in [1.807, 2.05) is 84.9 Å². The number of nitrogens with zero attached hydrogens (tertiary/aromatic N) is 2. The normalized spacial score (nSPS) is 12.0. The summed E-state index contributed by atoms with van der Waals surface area (Å²) in [6.07, 6.45) is 0. The highest BCUT2D eigenvalue weighted by molar-refractivity contribution is 8.00. The summed E-state index contributed by atoms with van der Waals surface area (Å²) in [5.41, 5.74) is 3.30. The molecule has 4 rings (SSSR count). The summed E-state index contributed by atoms with van der Waals surface area (Å²) in [7, 11) is 0. The maximum Gasteiger partial charge on any atom is 0.321 e. The van der Waals surface area contributed by atoms with Crippen molar-refractivity contribution in [2.75, 3.05) is 0 Å². The number of para-hydroxylation sites is 1. The zero-order valence-corrected chi connectivity index (χ0v) is 15.1. The molecule has 4 nitrogen and oxygen atoms in total. The number of carboxylic acids is 1. The smallest absolute Gasteiger partial charge is 0.321 e. The summed E-state index contributed by atoms with van der Waals surface area (Å²) in [6, 6.07) is 26.8. The lowest BCUT2D eigenvalue weighted by molar-refractivity contribution is -0.136. The average Bonchev–Trinajstić information content (AvgIpc) is 2.72. The van der Waals surface area contributed by atoms with Gasteiger partial charge in [0, 0.05) is 10.9 Å². The van der Waals surface area contributed by atoms with Crippen LogP contribution in [0.4, 0.5) is 0 Å². The first kappa shape index (κ1) is 17.2. The molecule has 1 atom stereocenters. The summed E-state index contributed by atoms with van der Waals surface area (Å²) in [4.78, 5) is 21.2. The monoisotopic (exact) mass is 372 g/mol. The fraction of sp³-hybridized carbons (Fsp3) is 0.0455. The third-order valence-corrected chi connectivity index (χ3v) is 5.28. The van der Waals surface area contributed by atoms with Gasteiger partial charge in [-0.25, -0.2) is 9.97 Å². The van der Waals surface area contributed by atoms with Gasteiger partial charge >= 0.3 is 5.97 Å². The van der Waals surface area contributed by atoms with E-state index in [0.29, 0.717) is 10.7 Å². The van der Waals surface area contributed by atoms with Crippen LogP contribution in [0.2, 0.25) is 0 Å². The van der Waals surface area contributed by atoms with Crippen LogP contribution in [0.5, 0.6) is 0 Å². The van der Waals surface area contributed by atoms with Gasteiger partial charge in [0.2, 0.25) is 0 Å². The Morgan fingerprint density at radius 2 is 1.44 bits per heavy atom. The highest BCUT2D eigenvalue weighted by atomic mass is 32.2. The van der Waals surface area contributed by atoms with Crippen molar-refractivity contribution < 1.29 is 9.90 Å². The SMILES string of the molecule is O=C(O)C(Sc1nc(-c2ccccc2)c2ccccc2n1)c1ccccc1. The summed E-state index contributed by atoms with van der Waals surface area (Å²) < 4.78 is 0. The molecule has 0 aliphatic rings. The molecule has 4 aromatic rings. The Bertz CT molecular complexity index is 1090. The molecule has 0 aliphatic heterocycles. The van der Waals surface area contributed by atoms with Gasteiger partial charge in [-0.05, 0) is 11.6 Å². The summed E-state index contributed by atoms with van der Waals surface area (Å²) in [5, 5.41) is 10.3. The molecule has 1 heterocycles. The number of hydrogen-bond acceptors (Lipinski definition) is 4. The number of fused-ring (bicyclic) bond motifs is 1. The molecule has 1 aromatic heterocycles. The van der Waals surface area contributed by atoms with Gasteiger partial charge in [0.05, 0.1) is 11.2 Å². The van der Waals surface area contributed by atoms with E-state index in [4.69, 9.17) is 4.98 Å². The molecule has 0 saturated heterocycles. The zero-order valence-electron chi connectivity index (χ0n) is 14.3. The maximum absolute atomic E-state index is 11.8. The quantitative estimate of drug-likeness (QED) is 0.385. The van der Waals surface area contributed by atoms with E-state index in [1.165, 1.54) is 0 Å². The van der Waals surface area contributed by atoms with E-state index in [9.17, 15) is 9.90 Å². The fourth-order valence-electron chi connectivity index (χ4n) is 2.92. The fourth-order valence-corrected chi connectivity index (χ4v) is 3.82. The Labute approximate surface area is 160 Å². The predicted octanol–water partition coefficient (Wildman–Crippen LogP) is 5.21. The third-order valence-electron chi connectivity index (χ3n) is 4.18. The van der Waals surface area contributed by atoms with Gasteiger partial charge in [0.25, 0.3) is 0 Å². The van der Waals surface area contributed by atoms with E-state index >= 15 is 0 Å². The maximum atomic E-state index is 11.8. The second-order valence-corrected chi connectivity index (χ2v) is 7.06. The first-order valence-corrected chi connectivity index (χ1v) is 9.37. The first-order valence-electron chi connectivity index (χ1n) is 8.49. The van der Waals surface area contributed by atoms with Gasteiger partial charge in [0.15, 0.2) is 5.16 Å². The van der Waals surface area contributed by atoms with Gasteiger partial charge < -0.3 is 5.11 Å². The molecule has 5 heteroatoms. The average molecular weight is 372 g/mol. The Balaban J connectivity index is 1.81. The van der Waals surface area contributed by atoms with E-state index in [1.54, 1.807) is 0 Å². The molecule has 0 spiro atoms. The molecular weight excluding hydrogens is 356 g/mol.